The molecule has 1 aliphatic rings. The second-order valence-electron chi connectivity index (χ2n) is 4.53. The Morgan fingerprint density at radius 1 is 1.47 bits per heavy atom. The Hall–Kier alpha value is -1.59. The van der Waals surface area contributed by atoms with E-state index in [0.29, 0.717) is 13.0 Å². The van der Waals surface area contributed by atoms with E-state index in [0.717, 1.165) is 0 Å². The van der Waals surface area contributed by atoms with E-state index in [4.69, 9.17) is 21.4 Å². The van der Waals surface area contributed by atoms with Crippen LogP contribution in [0.2, 0.25) is 5.02 Å². The van der Waals surface area contributed by atoms with Gasteiger partial charge in [0.05, 0.1) is 29.3 Å². The van der Waals surface area contributed by atoms with Crippen molar-refractivity contribution in [2.75, 3.05) is 11.9 Å². The predicted molar refractivity (Wildman–Crippen MR) is 70.6 cm³/mol. The summed E-state index contributed by atoms with van der Waals surface area (Å²) in [6.45, 7) is 2.26. The molecular weight excluding hydrogens is 270 g/mol. The van der Waals surface area contributed by atoms with E-state index in [2.05, 4.69) is 5.32 Å². The van der Waals surface area contributed by atoms with Crippen LogP contribution in [0.5, 0.6) is 0 Å². The molecule has 2 N–H and O–H groups in total. The van der Waals surface area contributed by atoms with Crippen LogP contribution in [0, 0.1) is 5.92 Å². The van der Waals surface area contributed by atoms with Gasteiger partial charge < -0.3 is 15.2 Å². The van der Waals surface area contributed by atoms with Gasteiger partial charge in [0.2, 0.25) is 5.91 Å². The number of carbonyl (C=O) groups excluding carboxylic acids is 1. The minimum Gasteiger partial charge on any atom is -0.478 e. The molecule has 0 aliphatic carbocycles. The molecule has 6 heteroatoms. The number of carboxylic acid groups (broad SMARTS) is 1. The van der Waals surface area contributed by atoms with Crippen molar-refractivity contribution in [1.82, 2.24) is 0 Å². The molecule has 0 spiro atoms. The third-order valence-corrected chi connectivity index (χ3v) is 3.37. The quantitative estimate of drug-likeness (QED) is 0.893. The number of rotatable bonds is 3. The van der Waals surface area contributed by atoms with E-state index in [1.54, 1.807) is 6.07 Å². The van der Waals surface area contributed by atoms with Crippen molar-refractivity contribution in [1.29, 1.82) is 0 Å². The molecule has 1 amide bonds. The smallest absolute Gasteiger partial charge is 0.339 e. The number of carboxylic acids is 1. The highest BCUT2D eigenvalue weighted by molar-refractivity contribution is 6.34. The number of nitrogens with one attached hydrogen (secondary N) is 1. The standard InChI is InChI=1S/C13H14ClNO4/c1-7-5-8(6-19-7)12(16)15-10-4-2-3-9(14)11(10)13(17)18/h2-4,7-8H,5-6H2,1H3,(H,15,16)(H,17,18). The van der Waals surface area contributed by atoms with Crippen molar-refractivity contribution in [3.05, 3.63) is 28.8 Å². The minimum atomic E-state index is -1.17. The third kappa shape index (κ3) is 3.05. The lowest BCUT2D eigenvalue weighted by Crippen LogP contribution is -2.24. The van der Waals surface area contributed by atoms with Crippen LogP contribution in [0.3, 0.4) is 0 Å². The van der Waals surface area contributed by atoms with Crippen LogP contribution < -0.4 is 5.32 Å². The molecule has 5 nitrogen and oxygen atoms in total. The fraction of sp³-hybridized carbons (Fsp3) is 0.385. The number of ether oxygens (including phenoxy) is 1. The van der Waals surface area contributed by atoms with Gasteiger partial charge in [0.15, 0.2) is 0 Å². The van der Waals surface area contributed by atoms with Crippen molar-refractivity contribution >= 4 is 29.2 Å². The molecule has 0 bridgehead atoms. The van der Waals surface area contributed by atoms with Crippen LogP contribution in [-0.4, -0.2) is 29.7 Å². The Balaban J connectivity index is 2.17. The summed E-state index contributed by atoms with van der Waals surface area (Å²) in [7, 11) is 0. The summed E-state index contributed by atoms with van der Waals surface area (Å²) in [4.78, 5) is 23.2. The predicted octanol–water partition coefficient (Wildman–Crippen LogP) is 2.40. The zero-order valence-corrected chi connectivity index (χ0v) is 11.1. The first-order chi connectivity index (χ1) is 8.99. The maximum absolute atomic E-state index is 12.0. The van der Waals surface area contributed by atoms with Crippen molar-refractivity contribution in [2.24, 2.45) is 5.92 Å². The van der Waals surface area contributed by atoms with Crippen LogP contribution in [0.15, 0.2) is 18.2 Å². The van der Waals surface area contributed by atoms with E-state index in [9.17, 15) is 9.59 Å². The number of benzene rings is 1. The van der Waals surface area contributed by atoms with Gasteiger partial charge in [0.1, 0.15) is 5.56 Å². The minimum absolute atomic E-state index is 0.0501. The Kier molecular flexibility index (Phi) is 4.07. The van der Waals surface area contributed by atoms with Crippen molar-refractivity contribution in [2.45, 2.75) is 19.4 Å². The lowest BCUT2D eigenvalue weighted by Gasteiger charge is -2.12. The van der Waals surface area contributed by atoms with Gasteiger partial charge >= 0.3 is 5.97 Å². The first-order valence-electron chi connectivity index (χ1n) is 5.93. The van der Waals surface area contributed by atoms with Crippen LogP contribution in [-0.2, 0) is 9.53 Å². The number of hydrogen-bond acceptors (Lipinski definition) is 3. The molecule has 0 saturated carbocycles. The summed E-state index contributed by atoms with van der Waals surface area (Å²) in [5, 5.41) is 11.8. The third-order valence-electron chi connectivity index (χ3n) is 3.05. The molecule has 0 aromatic heterocycles. The molecule has 1 fully saturated rings. The summed E-state index contributed by atoms with van der Waals surface area (Å²) in [5.41, 5.74) is 0.119. The Morgan fingerprint density at radius 2 is 2.21 bits per heavy atom. The largest absolute Gasteiger partial charge is 0.478 e. The maximum Gasteiger partial charge on any atom is 0.339 e. The second-order valence-corrected chi connectivity index (χ2v) is 4.94. The summed E-state index contributed by atoms with van der Waals surface area (Å²) in [5.74, 6) is -1.67. The molecule has 102 valence electrons. The summed E-state index contributed by atoms with van der Waals surface area (Å²) in [6.07, 6.45) is 0.684. The van der Waals surface area contributed by atoms with Crippen LogP contribution in [0.25, 0.3) is 0 Å². The lowest BCUT2D eigenvalue weighted by molar-refractivity contribution is -0.119. The van der Waals surface area contributed by atoms with Crippen molar-refractivity contribution in [3.8, 4) is 0 Å². The Morgan fingerprint density at radius 3 is 2.79 bits per heavy atom. The van der Waals surface area contributed by atoms with E-state index >= 15 is 0 Å². The van der Waals surface area contributed by atoms with Gasteiger partial charge in [0, 0.05) is 0 Å². The number of amides is 1. The number of halogens is 1. The van der Waals surface area contributed by atoms with Gasteiger partial charge in [-0.05, 0) is 25.5 Å². The first kappa shape index (κ1) is 13.8. The number of aromatic carboxylic acids is 1. The van der Waals surface area contributed by atoms with Gasteiger partial charge in [-0.1, -0.05) is 17.7 Å². The molecule has 1 heterocycles. The zero-order valence-electron chi connectivity index (χ0n) is 10.4. The van der Waals surface area contributed by atoms with E-state index in [1.807, 2.05) is 6.92 Å². The molecule has 1 aromatic carbocycles. The molecule has 2 atom stereocenters. The maximum atomic E-state index is 12.0. The zero-order chi connectivity index (χ0) is 14.0. The second kappa shape index (κ2) is 5.59. The molecule has 0 radical (unpaired) electrons. The number of anilines is 1. The highest BCUT2D eigenvalue weighted by Crippen LogP contribution is 2.26. The molecule has 1 saturated heterocycles. The SMILES string of the molecule is CC1CC(C(=O)Nc2cccc(Cl)c2C(=O)O)CO1. The van der Waals surface area contributed by atoms with Gasteiger partial charge in [-0.15, -0.1) is 0 Å². The average molecular weight is 284 g/mol. The normalized spacial score (nSPS) is 22.2. The summed E-state index contributed by atoms with van der Waals surface area (Å²) >= 11 is 5.83. The fourth-order valence-corrected chi connectivity index (χ4v) is 2.34. The summed E-state index contributed by atoms with van der Waals surface area (Å²) in [6, 6.07) is 4.59. The van der Waals surface area contributed by atoms with Gasteiger partial charge in [-0.25, -0.2) is 4.79 Å². The molecule has 19 heavy (non-hydrogen) atoms. The van der Waals surface area contributed by atoms with Crippen LogP contribution in [0.1, 0.15) is 23.7 Å². The monoisotopic (exact) mass is 283 g/mol. The first-order valence-corrected chi connectivity index (χ1v) is 6.31. The van der Waals surface area contributed by atoms with Gasteiger partial charge in [-0.3, -0.25) is 4.79 Å². The Bertz CT molecular complexity index is 517. The van der Waals surface area contributed by atoms with Crippen molar-refractivity contribution < 1.29 is 19.4 Å². The van der Waals surface area contributed by atoms with Crippen LogP contribution in [0.4, 0.5) is 5.69 Å². The fourth-order valence-electron chi connectivity index (χ4n) is 2.08. The van der Waals surface area contributed by atoms with Crippen molar-refractivity contribution in [3.63, 3.8) is 0 Å². The lowest BCUT2D eigenvalue weighted by atomic mass is 10.0. The number of carbonyl (C=O) groups is 2. The van der Waals surface area contributed by atoms with Crippen LogP contribution >= 0.6 is 11.6 Å². The molecule has 1 aliphatic heterocycles. The molecule has 1 aromatic rings. The summed E-state index contributed by atoms with van der Waals surface area (Å²) < 4.78 is 5.32. The van der Waals surface area contributed by atoms with Gasteiger partial charge in [0.25, 0.3) is 0 Å². The van der Waals surface area contributed by atoms with Gasteiger partial charge in [-0.2, -0.15) is 0 Å². The van der Waals surface area contributed by atoms with E-state index < -0.39 is 5.97 Å². The topological polar surface area (TPSA) is 75.6 Å². The molecular formula is C13H14ClNO4. The number of hydrogen-bond donors (Lipinski definition) is 2. The highest BCUT2D eigenvalue weighted by atomic mass is 35.5. The average Bonchev–Trinajstić information content (AvgIpc) is 2.75. The van der Waals surface area contributed by atoms with E-state index in [1.165, 1.54) is 12.1 Å². The molecule has 2 unspecified atom stereocenters. The highest BCUT2D eigenvalue weighted by Gasteiger charge is 2.29. The van der Waals surface area contributed by atoms with E-state index in [-0.39, 0.29) is 34.2 Å². The Labute approximate surface area is 115 Å². The molecule has 2 rings (SSSR count).